The number of imidazole rings is 1. The molecule has 0 saturated heterocycles. The van der Waals surface area contributed by atoms with E-state index in [0.29, 0.717) is 33.3 Å². The van der Waals surface area contributed by atoms with E-state index in [0.717, 1.165) is 6.07 Å². The molecule has 170 valence electrons. The van der Waals surface area contributed by atoms with E-state index in [4.69, 9.17) is 16.3 Å². The van der Waals surface area contributed by atoms with Crippen molar-refractivity contribution in [2.24, 2.45) is 7.05 Å². The number of alkyl halides is 3. The fourth-order valence-corrected chi connectivity index (χ4v) is 4.10. The van der Waals surface area contributed by atoms with Crippen molar-refractivity contribution in [3.8, 4) is 28.7 Å². The number of aryl methyl sites for hydroxylation is 1. The van der Waals surface area contributed by atoms with E-state index in [2.05, 4.69) is 20.1 Å². The van der Waals surface area contributed by atoms with Gasteiger partial charge >= 0.3 is 35.7 Å². The fourth-order valence-electron chi connectivity index (χ4n) is 3.57. The second kappa shape index (κ2) is 8.94. The molecule has 0 aliphatic carbocycles. The van der Waals surface area contributed by atoms with Crippen molar-refractivity contribution in [1.82, 2.24) is 24.7 Å². The standard InChI is InChI=1S/C22H21ClF3N5O.Na.H/c1-21(2,3)18-15(23)17(31(4)30-18)19-27-14-10-13(28-20(32-5)16(14)29-19)11-8-6-7-9-12(11)22(24,25)26;;/h6-10H,1-5H3,(H,27,29);;/q;+1;-1. The van der Waals surface area contributed by atoms with Gasteiger partial charge in [-0.15, -0.1) is 0 Å². The Morgan fingerprint density at radius 2 is 1.79 bits per heavy atom. The number of H-pyrrole nitrogens is 1. The van der Waals surface area contributed by atoms with Crippen LogP contribution in [0.15, 0.2) is 30.3 Å². The zero-order valence-electron chi connectivity index (χ0n) is 20.1. The molecule has 0 saturated carbocycles. The summed E-state index contributed by atoms with van der Waals surface area (Å²) in [5.41, 5.74) is 1.12. The first-order chi connectivity index (χ1) is 14.9. The van der Waals surface area contributed by atoms with Gasteiger partial charge in [-0.2, -0.15) is 18.3 Å². The molecule has 0 amide bonds. The number of hydrogen-bond donors (Lipinski definition) is 1. The van der Waals surface area contributed by atoms with E-state index >= 15 is 0 Å². The number of fused-ring (bicyclic) bond motifs is 1. The molecular weight excluding hydrogens is 466 g/mol. The third-order valence-electron chi connectivity index (χ3n) is 5.06. The maximum Gasteiger partial charge on any atom is 1.00 e. The Hall–Kier alpha value is -2.07. The topological polar surface area (TPSA) is 68.6 Å². The molecule has 6 nitrogen and oxygen atoms in total. The number of pyridine rings is 1. The molecule has 1 aromatic carbocycles. The molecule has 0 atom stereocenters. The third-order valence-corrected chi connectivity index (χ3v) is 5.42. The predicted molar refractivity (Wildman–Crippen MR) is 118 cm³/mol. The summed E-state index contributed by atoms with van der Waals surface area (Å²) in [6.07, 6.45) is -4.52. The van der Waals surface area contributed by atoms with E-state index in [1.54, 1.807) is 11.7 Å². The molecule has 4 aromatic rings. The summed E-state index contributed by atoms with van der Waals surface area (Å²) in [7, 11) is 3.15. The normalized spacial score (nSPS) is 12.2. The van der Waals surface area contributed by atoms with Gasteiger partial charge in [0.05, 0.1) is 34.6 Å². The number of rotatable bonds is 3. The third kappa shape index (κ3) is 4.64. The summed E-state index contributed by atoms with van der Waals surface area (Å²) in [6.45, 7) is 6.00. The monoisotopic (exact) mass is 487 g/mol. The van der Waals surface area contributed by atoms with Gasteiger partial charge in [-0.05, 0) is 12.1 Å². The summed E-state index contributed by atoms with van der Waals surface area (Å²) in [4.78, 5) is 12.0. The number of methoxy groups -OCH3 is 1. The van der Waals surface area contributed by atoms with Crippen LogP contribution in [-0.4, -0.2) is 31.8 Å². The molecule has 0 spiro atoms. The molecule has 11 heteroatoms. The summed E-state index contributed by atoms with van der Waals surface area (Å²) < 4.78 is 47.6. The minimum atomic E-state index is -4.52. The zero-order chi connectivity index (χ0) is 23.4. The summed E-state index contributed by atoms with van der Waals surface area (Å²) in [6, 6.07) is 6.79. The molecule has 1 N–H and O–H groups in total. The smallest absolute Gasteiger partial charge is 1.00 e. The van der Waals surface area contributed by atoms with Crippen molar-refractivity contribution in [3.63, 3.8) is 0 Å². The van der Waals surface area contributed by atoms with Crippen molar-refractivity contribution >= 4 is 22.6 Å². The summed E-state index contributed by atoms with van der Waals surface area (Å²) >= 11 is 6.63. The van der Waals surface area contributed by atoms with Gasteiger partial charge in [-0.25, -0.2) is 9.97 Å². The summed E-state index contributed by atoms with van der Waals surface area (Å²) in [5, 5.41) is 4.98. The van der Waals surface area contributed by atoms with Gasteiger partial charge in [0.1, 0.15) is 5.69 Å². The molecule has 4 rings (SSSR count). The van der Waals surface area contributed by atoms with Gasteiger partial charge in [0.15, 0.2) is 11.3 Å². The minimum absolute atomic E-state index is 0. The van der Waals surface area contributed by atoms with Crippen LogP contribution >= 0.6 is 11.6 Å². The van der Waals surface area contributed by atoms with Crippen LogP contribution in [0.25, 0.3) is 33.8 Å². The van der Waals surface area contributed by atoms with Gasteiger partial charge in [0, 0.05) is 18.0 Å². The average molecular weight is 488 g/mol. The molecular formula is C22H22ClF3N5NaO. The van der Waals surface area contributed by atoms with E-state index in [1.165, 1.54) is 31.4 Å². The Morgan fingerprint density at radius 3 is 2.36 bits per heavy atom. The molecule has 0 aliphatic rings. The van der Waals surface area contributed by atoms with Crippen molar-refractivity contribution < 1.29 is 48.9 Å². The van der Waals surface area contributed by atoms with Crippen LogP contribution in [0.1, 0.15) is 33.5 Å². The molecule has 0 bridgehead atoms. The molecule has 0 aliphatic heterocycles. The maximum absolute atomic E-state index is 13.5. The van der Waals surface area contributed by atoms with Crippen molar-refractivity contribution in [2.45, 2.75) is 32.4 Å². The van der Waals surface area contributed by atoms with Crippen molar-refractivity contribution in [1.29, 1.82) is 0 Å². The van der Waals surface area contributed by atoms with E-state index in [-0.39, 0.29) is 53.5 Å². The first kappa shape index (κ1) is 25.6. The van der Waals surface area contributed by atoms with Crippen LogP contribution in [0.5, 0.6) is 5.88 Å². The van der Waals surface area contributed by atoms with Crippen LogP contribution in [-0.2, 0) is 18.6 Å². The first-order valence-corrected chi connectivity index (χ1v) is 10.1. The van der Waals surface area contributed by atoms with Crippen molar-refractivity contribution in [3.05, 3.63) is 46.6 Å². The fraction of sp³-hybridized carbons (Fsp3) is 0.318. The Labute approximate surface area is 217 Å². The number of nitrogens with zero attached hydrogens (tertiary/aromatic N) is 4. The number of halogens is 4. The Balaban J connectivity index is 0.00000204. The van der Waals surface area contributed by atoms with Gasteiger partial charge in [-0.3, -0.25) is 4.68 Å². The number of benzene rings is 1. The van der Waals surface area contributed by atoms with Crippen LogP contribution in [0.3, 0.4) is 0 Å². The number of ether oxygens (including phenoxy) is 1. The molecule has 0 unspecified atom stereocenters. The SMILES string of the molecule is COc1nc(-c2ccccc2C(F)(F)F)cc2[nH]c(-c3c(Cl)c(C(C)(C)C)nn3C)nc12.[H-].[Na+]. The predicted octanol–water partition coefficient (Wildman–Crippen LogP) is 3.12. The van der Waals surface area contributed by atoms with E-state index < -0.39 is 11.7 Å². The number of hydrogen-bond acceptors (Lipinski definition) is 4. The molecule has 3 aromatic heterocycles. The van der Waals surface area contributed by atoms with E-state index in [1.807, 2.05) is 20.8 Å². The minimum Gasteiger partial charge on any atom is -1.00 e. The largest absolute Gasteiger partial charge is 1.00 e. The first-order valence-electron chi connectivity index (χ1n) is 9.76. The van der Waals surface area contributed by atoms with Gasteiger partial charge in [0.2, 0.25) is 5.88 Å². The number of aromatic amines is 1. The maximum atomic E-state index is 13.5. The van der Waals surface area contributed by atoms with Gasteiger partial charge in [0.25, 0.3) is 0 Å². The van der Waals surface area contributed by atoms with Crippen LogP contribution < -0.4 is 34.3 Å². The molecule has 33 heavy (non-hydrogen) atoms. The Kier molecular flexibility index (Phi) is 6.92. The second-order valence-corrected chi connectivity index (χ2v) is 8.80. The quantitative estimate of drug-likeness (QED) is 0.451. The van der Waals surface area contributed by atoms with E-state index in [9.17, 15) is 13.2 Å². The second-order valence-electron chi connectivity index (χ2n) is 8.43. The molecule has 3 heterocycles. The number of aromatic nitrogens is 5. The Morgan fingerprint density at radius 1 is 1.12 bits per heavy atom. The Bertz CT molecular complexity index is 1330. The average Bonchev–Trinajstić information content (AvgIpc) is 3.26. The van der Waals surface area contributed by atoms with Crippen LogP contribution in [0.2, 0.25) is 5.02 Å². The summed E-state index contributed by atoms with van der Waals surface area (Å²) in [5.74, 6) is 0.517. The molecule has 0 fully saturated rings. The molecule has 0 radical (unpaired) electrons. The number of nitrogens with one attached hydrogen (secondary N) is 1. The van der Waals surface area contributed by atoms with Crippen molar-refractivity contribution in [2.75, 3.05) is 7.11 Å². The van der Waals surface area contributed by atoms with Gasteiger partial charge in [-0.1, -0.05) is 50.6 Å². The van der Waals surface area contributed by atoms with Gasteiger partial charge < -0.3 is 11.1 Å². The van der Waals surface area contributed by atoms with Crippen LogP contribution in [0.4, 0.5) is 13.2 Å². The zero-order valence-corrected chi connectivity index (χ0v) is 21.9. The van der Waals surface area contributed by atoms with Crippen LogP contribution in [0, 0.1) is 0 Å².